The highest BCUT2D eigenvalue weighted by Gasteiger charge is 2.10. The highest BCUT2D eigenvalue weighted by molar-refractivity contribution is 7.22. The molecule has 0 unspecified atom stereocenters. The lowest BCUT2D eigenvalue weighted by Gasteiger charge is -1.98. The summed E-state index contributed by atoms with van der Waals surface area (Å²) in [6, 6.07) is 3.08. The maximum atomic E-state index is 13.3. The molecule has 1 heterocycles. The zero-order valence-electron chi connectivity index (χ0n) is 9.50. The Morgan fingerprint density at radius 2 is 2.29 bits per heavy atom. The number of aromatic nitrogens is 1. The van der Waals surface area contributed by atoms with E-state index in [1.54, 1.807) is 20.0 Å². The van der Waals surface area contributed by atoms with Crippen LogP contribution in [0.1, 0.15) is 5.56 Å². The van der Waals surface area contributed by atoms with Crippen LogP contribution in [0.5, 0.6) is 0 Å². The number of aryl methyl sites for hydroxylation is 1. The molecule has 2 aromatic rings. The number of nitrogens with one attached hydrogen (secondary N) is 2. The molecule has 0 radical (unpaired) electrons. The van der Waals surface area contributed by atoms with Crippen LogP contribution in [-0.4, -0.2) is 24.5 Å². The third-order valence-corrected chi connectivity index (χ3v) is 3.27. The number of halogens is 1. The lowest BCUT2D eigenvalue weighted by atomic mass is 10.2. The number of benzene rings is 1. The van der Waals surface area contributed by atoms with Crippen molar-refractivity contribution in [1.29, 1.82) is 0 Å². The predicted octanol–water partition coefficient (Wildman–Crippen LogP) is 1.90. The van der Waals surface area contributed by atoms with Gasteiger partial charge in [-0.2, -0.15) is 0 Å². The van der Waals surface area contributed by atoms with Gasteiger partial charge in [-0.05, 0) is 26.1 Å². The van der Waals surface area contributed by atoms with Gasteiger partial charge in [0.15, 0.2) is 5.13 Å². The van der Waals surface area contributed by atoms with Gasteiger partial charge in [0.1, 0.15) is 5.82 Å². The molecule has 0 spiro atoms. The molecule has 0 fully saturated rings. The van der Waals surface area contributed by atoms with E-state index < -0.39 is 0 Å². The average Bonchev–Trinajstić information content (AvgIpc) is 2.67. The molecular formula is C11H12FN3OS. The summed E-state index contributed by atoms with van der Waals surface area (Å²) in [5, 5.41) is 5.90. The smallest absolute Gasteiger partial charge is 0.240 e. The number of hydrogen-bond acceptors (Lipinski definition) is 4. The van der Waals surface area contributed by atoms with E-state index in [1.165, 1.54) is 17.4 Å². The van der Waals surface area contributed by atoms with E-state index in [0.29, 0.717) is 16.2 Å². The van der Waals surface area contributed by atoms with E-state index in [2.05, 4.69) is 15.6 Å². The number of anilines is 1. The van der Waals surface area contributed by atoms with Crippen molar-refractivity contribution >= 4 is 32.6 Å². The monoisotopic (exact) mass is 253 g/mol. The summed E-state index contributed by atoms with van der Waals surface area (Å²) in [6.45, 7) is 1.90. The SMILES string of the molecule is CNCC(=O)Nc1nc2c(C)c(F)ccc2s1. The fourth-order valence-corrected chi connectivity index (χ4v) is 2.42. The van der Waals surface area contributed by atoms with E-state index >= 15 is 0 Å². The fraction of sp³-hybridized carbons (Fsp3) is 0.273. The average molecular weight is 253 g/mol. The minimum Gasteiger partial charge on any atom is -0.311 e. The van der Waals surface area contributed by atoms with Gasteiger partial charge < -0.3 is 10.6 Å². The van der Waals surface area contributed by atoms with Crippen LogP contribution in [0.3, 0.4) is 0 Å². The van der Waals surface area contributed by atoms with Crippen molar-refractivity contribution in [2.45, 2.75) is 6.92 Å². The molecule has 1 aromatic heterocycles. The molecule has 2 rings (SSSR count). The van der Waals surface area contributed by atoms with Crippen molar-refractivity contribution in [2.75, 3.05) is 18.9 Å². The number of thiazole rings is 1. The van der Waals surface area contributed by atoms with Crippen LogP contribution in [-0.2, 0) is 4.79 Å². The Labute approximate surface area is 102 Å². The molecule has 0 aliphatic carbocycles. The van der Waals surface area contributed by atoms with Crippen molar-refractivity contribution in [2.24, 2.45) is 0 Å². The van der Waals surface area contributed by atoms with Gasteiger partial charge in [0.05, 0.1) is 16.8 Å². The molecule has 90 valence electrons. The normalized spacial score (nSPS) is 10.8. The lowest BCUT2D eigenvalue weighted by molar-refractivity contribution is -0.115. The minimum absolute atomic E-state index is 0.162. The largest absolute Gasteiger partial charge is 0.311 e. The van der Waals surface area contributed by atoms with Gasteiger partial charge >= 0.3 is 0 Å². The minimum atomic E-state index is -0.282. The van der Waals surface area contributed by atoms with Gasteiger partial charge in [0.25, 0.3) is 0 Å². The summed E-state index contributed by atoms with van der Waals surface area (Å²) < 4.78 is 14.2. The fourth-order valence-electron chi connectivity index (χ4n) is 1.48. The molecule has 17 heavy (non-hydrogen) atoms. The summed E-state index contributed by atoms with van der Waals surface area (Å²) in [5.74, 6) is -0.444. The summed E-state index contributed by atoms with van der Waals surface area (Å²) in [7, 11) is 1.69. The van der Waals surface area contributed by atoms with E-state index in [4.69, 9.17) is 0 Å². The van der Waals surface area contributed by atoms with E-state index in [-0.39, 0.29) is 18.3 Å². The summed E-state index contributed by atoms with van der Waals surface area (Å²) in [4.78, 5) is 15.6. The number of fused-ring (bicyclic) bond motifs is 1. The van der Waals surface area contributed by atoms with Crippen molar-refractivity contribution in [3.8, 4) is 0 Å². The van der Waals surface area contributed by atoms with Crippen LogP contribution in [0.25, 0.3) is 10.2 Å². The molecular weight excluding hydrogens is 241 g/mol. The first-order valence-electron chi connectivity index (χ1n) is 5.12. The van der Waals surface area contributed by atoms with Crippen LogP contribution >= 0.6 is 11.3 Å². The Morgan fingerprint density at radius 1 is 1.53 bits per heavy atom. The third-order valence-electron chi connectivity index (χ3n) is 2.33. The molecule has 6 heteroatoms. The first kappa shape index (κ1) is 11.9. The number of likely N-dealkylation sites (N-methyl/N-ethyl adjacent to an activating group) is 1. The maximum absolute atomic E-state index is 13.3. The van der Waals surface area contributed by atoms with Gasteiger partial charge in [0.2, 0.25) is 5.91 Å². The van der Waals surface area contributed by atoms with Crippen LogP contribution in [0.15, 0.2) is 12.1 Å². The highest BCUT2D eigenvalue weighted by Crippen LogP contribution is 2.29. The number of hydrogen-bond donors (Lipinski definition) is 2. The topological polar surface area (TPSA) is 54.0 Å². The Balaban J connectivity index is 2.32. The Morgan fingerprint density at radius 3 is 3.00 bits per heavy atom. The van der Waals surface area contributed by atoms with Crippen LogP contribution in [0.4, 0.5) is 9.52 Å². The first-order valence-corrected chi connectivity index (χ1v) is 5.93. The maximum Gasteiger partial charge on any atom is 0.240 e. The van der Waals surface area contributed by atoms with E-state index in [0.717, 1.165) is 4.70 Å². The first-order chi connectivity index (χ1) is 8.11. The second-order valence-corrected chi connectivity index (χ2v) is 4.65. The number of amides is 1. The second-order valence-electron chi connectivity index (χ2n) is 3.62. The summed E-state index contributed by atoms with van der Waals surface area (Å²) in [6.07, 6.45) is 0. The van der Waals surface area contributed by atoms with E-state index in [9.17, 15) is 9.18 Å². The Kier molecular flexibility index (Phi) is 3.35. The van der Waals surface area contributed by atoms with Gasteiger partial charge in [-0.1, -0.05) is 11.3 Å². The molecule has 0 bridgehead atoms. The van der Waals surface area contributed by atoms with Crippen LogP contribution in [0, 0.1) is 12.7 Å². The highest BCUT2D eigenvalue weighted by atomic mass is 32.1. The van der Waals surface area contributed by atoms with Crippen molar-refractivity contribution in [1.82, 2.24) is 10.3 Å². The number of nitrogens with zero attached hydrogens (tertiary/aromatic N) is 1. The predicted molar refractivity (Wildman–Crippen MR) is 66.9 cm³/mol. The quantitative estimate of drug-likeness (QED) is 0.878. The number of carbonyl (C=O) groups excluding carboxylic acids is 1. The number of rotatable bonds is 3. The zero-order valence-corrected chi connectivity index (χ0v) is 10.3. The van der Waals surface area contributed by atoms with E-state index in [1.807, 2.05) is 0 Å². The van der Waals surface area contributed by atoms with Crippen LogP contribution in [0.2, 0.25) is 0 Å². The van der Waals surface area contributed by atoms with Gasteiger partial charge in [-0.25, -0.2) is 9.37 Å². The Hall–Kier alpha value is -1.53. The zero-order chi connectivity index (χ0) is 12.4. The molecule has 0 saturated heterocycles. The molecule has 1 aromatic carbocycles. The second kappa shape index (κ2) is 4.77. The van der Waals surface area contributed by atoms with Crippen molar-refractivity contribution in [3.05, 3.63) is 23.5 Å². The molecule has 4 nitrogen and oxygen atoms in total. The standard InChI is InChI=1S/C11H12FN3OS/c1-6-7(12)3-4-8-10(6)15-11(17-8)14-9(16)5-13-2/h3-4,13H,5H2,1-2H3,(H,14,15,16). The summed E-state index contributed by atoms with van der Waals surface area (Å²) in [5.41, 5.74) is 1.11. The van der Waals surface area contributed by atoms with Gasteiger partial charge in [-0.3, -0.25) is 4.79 Å². The van der Waals surface area contributed by atoms with Crippen molar-refractivity contribution < 1.29 is 9.18 Å². The molecule has 0 aliphatic heterocycles. The molecule has 2 N–H and O–H groups in total. The third kappa shape index (κ3) is 2.42. The summed E-state index contributed by atoms with van der Waals surface area (Å²) >= 11 is 1.34. The van der Waals surface area contributed by atoms with Crippen LogP contribution < -0.4 is 10.6 Å². The Bertz CT molecular complexity index is 567. The number of carbonyl (C=O) groups is 1. The van der Waals surface area contributed by atoms with Crippen molar-refractivity contribution in [3.63, 3.8) is 0 Å². The van der Waals surface area contributed by atoms with Gasteiger partial charge in [-0.15, -0.1) is 0 Å². The molecule has 0 atom stereocenters. The van der Waals surface area contributed by atoms with Gasteiger partial charge in [0, 0.05) is 5.56 Å². The molecule has 1 amide bonds. The lowest BCUT2D eigenvalue weighted by Crippen LogP contribution is -2.24. The molecule has 0 saturated carbocycles. The molecule has 0 aliphatic rings.